The maximum Gasteiger partial charge on any atom is 0.150 e. The van der Waals surface area contributed by atoms with Crippen LogP contribution < -0.4 is 0 Å². The van der Waals surface area contributed by atoms with Gasteiger partial charge in [-0.2, -0.15) is 0 Å². The molecule has 0 aromatic carbocycles. The fraction of sp³-hybridized carbons (Fsp3) is 0.625. The molecule has 0 aliphatic rings. The molecule has 3 heteroatoms. The summed E-state index contributed by atoms with van der Waals surface area (Å²) in [7, 11) is 1.96. The molecule has 0 bridgehead atoms. The minimum absolute atomic E-state index is 0.0718. The Hall–Kier alpha value is -0.500. The van der Waals surface area contributed by atoms with Gasteiger partial charge in [0.15, 0.2) is 5.15 Å². The molecule has 0 atom stereocenters. The van der Waals surface area contributed by atoms with Crippen molar-refractivity contribution in [2.75, 3.05) is 0 Å². The van der Waals surface area contributed by atoms with E-state index in [0.29, 0.717) is 5.15 Å². The first kappa shape index (κ1) is 8.60. The van der Waals surface area contributed by atoms with Gasteiger partial charge in [-0.05, 0) is 0 Å². The SMILES string of the molecule is Cn1cnc(Cl)c1C(C)(C)C. The van der Waals surface area contributed by atoms with Crippen LogP contribution in [-0.2, 0) is 12.5 Å². The van der Waals surface area contributed by atoms with Crippen LogP contribution in [0.25, 0.3) is 0 Å². The molecule has 1 aromatic heterocycles. The second kappa shape index (κ2) is 2.52. The smallest absolute Gasteiger partial charge is 0.150 e. The highest BCUT2D eigenvalue weighted by Gasteiger charge is 2.21. The van der Waals surface area contributed by atoms with Crippen LogP contribution in [0.4, 0.5) is 0 Å². The molecule has 0 aliphatic carbocycles. The topological polar surface area (TPSA) is 17.8 Å². The van der Waals surface area contributed by atoms with E-state index in [1.54, 1.807) is 6.33 Å². The minimum Gasteiger partial charge on any atom is -0.336 e. The molecule has 0 aliphatic heterocycles. The molecule has 0 saturated heterocycles. The van der Waals surface area contributed by atoms with Crippen LogP contribution in [0.5, 0.6) is 0 Å². The summed E-state index contributed by atoms with van der Waals surface area (Å²) in [6, 6.07) is 0. The highest BCUT2D eigenvalue weighted by atomic mass is 35.5. The van der Waals surface area contributed by atoms with Crippen LogP contribution >= 0.6 is 11.6 Å². The Kier molecular flexibility index (Phi) is 1.97. The lowest BCUT2D eigenvalue weighted by atomic mass is 9.93. The normalized spacial score (nSPS) is 12.1. The molecule has 0 N–H and O–H groups in total. The minimum atomic E-state index is 0.0718. The highest BCUT2D eigenvalue weighted by Crippen LogP contribution is 2.27. The van der Waals surface area contributed by atoms with Crippen molar-refractivity contribution in [1.29, 1.82) is 0 Å². The van der Waals surface area contributed by atoms with E-state index in [1.807, 2.05) is 11.6 Å². The first-order valence-electron chi connectivity index (χ1n) is 3.60. The summed E-state index contributed by atoms with van der Waals surface area (Å²) in [5, 5.41) is 0.611. The van der Waals surface area contributed by atoms with Gasteiger partial charge in [-0.3, -0.25) is 0 Å². The molecule has 0 saturated carbocycles. The molecule has 0 fully saturated rings. The Bertz CT molecular complexity index is 238. The van der Waals surface area contributed by atoms with E-state index >= 15 is 0 Å². The second-order valence-electron chi connectivity index (χ2n) is 3.74. The van der Waals surface area contributed by atoms with Crippen molar-refractivity contribution in [3.63, 3.8) is 0 Å². The molecule has 0 amide bonds. The summed E-state index contributed by atoms with van der Waals surface area (Å²) in [5.41, 5.74) is 1.15. The number of rotatable bonds is 0. The number of aromatic nitrogens is 2. The third-order valence-corrected chi connectivity index (χ3v) is 1.88. The van der Waals surface area contributed by atoms with Crippen LogP contribution in [0, 0.1) is 0 Å². The Morgan fingerprint density at radius 1 is 1.45 bits per heavy atom. The van der Waals surface area contributed by atoms with Gasteiger partial charge in [0.05, 0.1) is 12.0 Å². The number of nitrogens with zero attached hydrogens (tertiary/aromatic N) is 2. The molecule has 2 nitrogen and oxygen atoms in total. The van der Waals surface area contributed by atoms with E-state index in [2.05, 4.69) is 25.8 Å². The van der Waals surface area contributed by atoms with E-state index in [0.717, 1.165) is 5.69 Å². The molecule has 0 radical (unpaired) electrons. The lowest BCUT2D eigenvalue weighted by Gasteiger charge is -2.19. The molecular formula is C8H13ClN2. The zero-order valence-electron chi connectivity index (χ0n) is 7.35. The van der Waals surface area contributed by atoms with Crippen molar-refractivity contribution in [2.45, 2.75) is 26.2 Å². The van der Waals surface area contributed by atoms with Gasteiger partial charge in [-0.1, -0.05) is 32.4 Å². The monoisotopic (exact) mass is 172 g/mol. The Balaban J connectivity index is 3.21. The second-order valence-corrected chi connectivity index (χ2v) is 4.10. The van der Waals surface area contributed by atoms with Gasteiger partial charge in [0.2, 0.25) is 0 Å². The molecule has 1 aromatic rings. The van der Waals surface area contributed by atoms with Crippen LogP contribution in [-0.4, -0.2) is 9.55 Å². The Morgan fingerprint density at radius 3 is 2.18 bits per heavy atom. The lowest BCUT2D eigenvalue weighted by molar-refractivity contribution is 0.543. The third-order valence-electron chi connectivity index (χ3n) is 1.60. The van der Waals surface area contributed by atoms with Crippen molar-refractivity contribution < 1.29 is 0 Å². The third kappa shape index (κ3) is 1.56. The molecular weight excluding hydrogens is 160 g/mol. The maximum absolute atomic E-state index is 5.90. The average molecular weight is 173 g/mol. The van der Waals surface area contributed by atoms with Gasteiger partial charge < -0.3 is 4.57 Å². The van der Waals surface area contributed by atoms with Crippen LogP contribution in [0.3, 0.4) is 0 Å². The summed E-state index contributed by atoms with van der Waals surface area (Å²) >= 11 is 5.90. The summed E-state index contributed by atoms with van der Waals surface area (Å²) in [6.45, 7) is 6.36. The summed E-state index contributed by atoms with van der Waals surface area (Å²) in [5.74, 6) is 0. The number of imidazole rings is 1. The van der Waals surface area contributed by atoms with Crippen molar-refractivity contribution in [3.05, 3.63) is 17.2 Å². The number of halogens is 1. The van der Waals surface area contributed by atoms with Gasteiger partial charge in [0, 0.05) is 12.5 Å². The quantitative estimate of drug-likeness (QED) is 0.588. The molecule has 1 rings (SSSR count). The first-order chi connectivity index (χ1) is 4.93. The Morgan fingerprint density at radius 2 is 2.00 bits per heavy atom. The first-order valence-corrected chi connectivity index (χ1v) is 3.98. The zero-order valence-corrected chi connectivity index (χ0v) is 8.11. The van der Waals surface area contributed by atoms with Crippen LogP contribution in [0.15, 0.2) is 6.33 Å². The Labute approximate surface area is 72.2 Å². The van der Waals surface area contributed by atoms with E-state index in [-0.39, 0.29) is 5.41 Å². The molecule has 11 heavy (non-hydrogen) atoms. The molecule has 62 valence electrons. The van der Waals surface area contributed by atoms with Gasteiger partial charge in [0.1, 0.15) is 0 Å². The number of aryl methyl sites for hydroxylation is 1. The largest absolute Gasteiger partial charge is 0.336 e. The summed E-state index contributed by atoms with van der Waals surface area (Å²) in [4.78, 5) is 4.01. The fourth-order valence-electron chi connectivity index (χ4n) is 1.24. The highest BCUT2D eigenvalue weighted by molar-refractivity contribution is 6.30. The molecule has 0 unspecified atom stereocenters. The van der Waals surface area contributed by atoms with Crippen molar-refractivity contribution >= 4 is 11.6 Å². The van der Waals surface area contributed by atoms with E-state index in [1.165, 1.54) is 0 Å². The maximum atomic E-state index is 5.90. The van der Waals surface area contributed by atoms with E-state index < -0.39 is 0 Å². The van der Waals surface area contributed by atoms with Gasteiger partial charge in [-0.25, -0.2) is 4.98 Å². The molecule has 1 heterocycles. The average Bonchev–Trinajstić information content (AvgIpc) is 2.08. The predicted octanol–water partition coefficient (Wildman–Crippen LogP) is 2.37. The van der Waals surface area contributed by atoms with Gasteiger partial charge in [-0.15, -0.1) is 0 Å². The van der Waals surface area contributed by atoms with E-state index in [4.69, 9.17) is 11.6 Å². The van der Waals surface area contributed by atoms with Crippen molar-refractivity contribution in [1.82, 2.24) is 9.55 Å². The van der Waals surface area contributed by atoms with Crippen LogP contribution in [0.1, 0.15) is 26.5 Å². The molecule has 0 spiro atoms. The lowest BCUT2D eigenvalue weighted by Crippen LogP contribution is -2.16. The summed E-state index contributed by atoms with van der Waals surface area (Å²) in [6.07, 6.45) is 1.74. The van der Waals surface area contributed by atoms with Gasteiger partial charge >= 0.3 is 0 Å². The summed E-state index contributed by atoms with van der Waals surface area (Å²) < 4.78 is 1.96. The number of hydrogen-bond acceptors (Lipinski definition) is 1. The van der Waals surface area contributed by atoms with E-state index in [9.17, 15) is 0 Å². The fourth-order valence-corrected chi connectivity index (χ4v) is 1.70. The van der Waals surface area contributed by atoms with Crippen LogP contribution in [0.2, 0.25) is 5.15 Å². The van der Waals surface area contributed by atoms with Gasteiger partial charge in [0.25, 0.3) is 0 Å². The van der Waals surface area contributed by atoms with Crippen molar-refractivity contribution in [3.8, 4) is 0 Å². The zero-order chi connectivity index (χ0) is 8.65. The standard InChI is InChI=1S/C8H13ClN2/c1-8(2,3)6-7(9)10-5-11(6)4/h5H,1-4H3. The predicted molar refractivity (Wildman–Crippen MR) is 46.9 cm³/mol. The number of hydrogen-bond donors (Lipinski definition) is 0. The van der Waals surface area contributed by atoms with Crippen molar-refractivity contribution in [2.24, 2.45) is 7.05 Å².